The summed E-state index contributed by atoms with van der Waals surface area (Å²) in [7, 11) is 0. The van der Waals surface area contributed by atoms with E-state index >= 15 is 0 Å². The lowest BCUT2D eigenvalue weighted by atomic mass is 9.98. The number of isocyanates is 1. The Bertz CT molecular complexity index is 412. The summed E-state index contributed by atoms with van der Waals surface area (Å²) in [4.78, 5) is 14.2. The molecular weight excluding hydrogens is 174 g/mol. The van der Waals surface area contributed by atoms with E-state index < -0.39 is 0 Å². The van der Waals surface area contributed by atoms with Crippen LogP contribution in [0.3, 0.4) is 0 Å². The lowest BCUT2D eigenvalue weighted by Crippen LogP contribution is -2.04. The summed E-state index contributed by atoms with van der Waals surface area (Å²) in [5.74, 6) is 0. The zero-order chi connectivity index (χ0) is 10.2. The smallest absolute Gasteiger partial charge is 0.211 e. The summed E-state index contributed by atoms with van der Waals surface area (Å²) in [5, 5.41) is 0. The van der Waals surface area contributed by atoms with E-state index in [4.69, 9.17) is 0 Å². The Morgan fingerprint density at radius 2 is 2.07 bits per heavy atom. The maximum atomic E-state index is 10.3. The highest BCUT2D eigenvalue weighted by molar-refractivity contribution is 5.44. The number of hydrogen-bond acceptors (Lipinski definition) is 2. The molecule has 0 radical (unpaired) electrons. The number of nitrogens with zero attached hydrogens (tertiary/aromatic N) is 1. The molecule has 1 saturated carbocycles. The van der Waals surface area contributed by atoms with Crippen LogP contribution < -0.4 is 0 Å². The maximum absolute atomic E-state index is 10.3. The molecule has 0 amide bonds. The first-order chi connectivity index (χ1) is 6.68. The molecule has 1 aromatic carbocycles. The lowest BCUT2D eigenvalue weighted by molar-refractivity contribution is 0.556. The molecule has 0 aromatic heterocycles. The molecule has 0 bridgehead atoms. The van der Waals surface area contributed by atoms with Gasteiger partial charge in [0.05, 0.1) is 5.54 Å². The van der Waals surface area contributed by atoms with Gasteiger partial charge in [-0.05, 0) is 37.8 Å². The van der Waals surface area contributed by atoms with E-state index in [-0.39, 0.29) is 5.54 Å². The van der Waals surface area contributed by atoms with Crippen molar-refractivity contribution in [2.45, 2.75) is 32.2 Å². The van der Waals surface area contributed by atoms with Gasteiger partial charge < -0.3 is 0 Å². The molecule has 0 aliphatic heterocycles. The molecule has 0 heterocycles. The van der Waals surface area contributed by atoms with Gasteiger partial charge in [0.2, 0.25) is 6.08 Å². The third kappa shape index (κ3) is 1.38. The van der Waals surface area contributed by atoms with E-state index in [2.05, 4.69) is 37.0 Å². The molecule has 0 saturated heterocycles. The second-order valence-electron chi connectivity index (χ2n) is 4.05. The largest absolute Gasteiger partial charge is 0.235 e. The van der Waals surface area contributed by atoms with Crippen LogP contribution in [0.15, 0.2) is 23.2 Å². The van der Waals surface area contributed by atoms with E-state index in [9.17, 15) is 4.79 Å². The molecule has 1 aromatic rings. The van der Waals surface area contributed by atoms with Crippen molar-refractivity contribution >= 4 is 6.08 Å². The fourth-order valence-corrected chi connectivity index (χ4v) is 1.98. The molecular formula is C12H13NO. The summed E-state index contributed by atoms with van der Waals surface area (Å²) >= 11 is 0. The minimum atomic E-state index is -0.223. The number of aryl methyl sites for hydroxylation is 2. The van der Waals surface area contributed by atoms with Gasteiger partial charge in [-0.3, -0.25) is 0 Å². The predicted molar refractivity (Wildman–Crippen MR) is 54.9 cm³/mol. The van der Waals surface area contributed by atoms with Crippen molar-refractivity contribution in [2.24, 2.45) is 4.99 Å². The average Bonchev–Trinajstić information content (AvgIpc) is 2.86. The standard InChI is InChI=1S/C12H13NO/c1-9-3-4-11(10(2)7-9)12(5-6-12)13-8-14/h3-4,7H,5-6H2,1-2H3. The first kappa shape index (κ1) is 9.17. The molecule has 1 fully saturated rings. The van der Waals surface area contributed by atoms with Crippen molar-refractivity contribution in [3.8, 4) is 0 Å². The van der Waals surface area contributed by atoms with Crippen LogP contribution >= 0.6 is 0 Å². The van der Waals surface area contributed by atoms with Crippen LogP contribution in [0, 0.1) is 13.8 Å². The fourth-order valence-electron chi connectivity index (χ4n) is 1.98. The quantitative estimate of drug-likeness (QED) is 0.517. The number of carbonyl (C=O) groups excluding carboxylic acids is 1. The summed E-state index contributed by atoms with van der Waals surface area (Å²) in [6, 6.07) is 6.29. The van der Waals surface area contributed by atoms with Crippen LogP contribution in [0.1, 0.15) is 29.5 Å². The van der Waals surface area contributed by atoms with Crippen molar-refractivity contribution < 1.29 is 4.79 Å². The van der Waals surface area contributed by atoms with E-state index in [1.54, 1.807) is 6.08 Å². The van der Waals surface area contributed by atoms with Crippen LogP contribution in [0.4, 0.5) is 0 Å². The van der Waals surface area contributed by atoms with Crippen molar-refractivity contribution in [1.82, 2.24) is 0 Å². The molecule has 0 N–H and O–H groups in total. The van der Waals surface area contributed by atoms with Crippen molar-refractivity contribution in [3.63, 3.8) is 0 Å². The molecule has 0 atom stereocenters. The molecule has 0 spiro atoms. The third-order valence-corrected chi connectivity index (χ3v) is 2.87. The fraction of sp³-hybridized carbons (Fsp3) is 0.417. The summed E-state index contributed by atoms with van der Waals surface area (Å²) in [6.45, 7) is 4.14. The Balaban J connectivity index is 2.47. The first-order valence-electron chi connectivity index (χ1n) is 4.85. The maximum Gasteiger partial charge on any atom is 0.235 e. The first-order valence-corrected chi connectivity index (χ1v) is 4.85. The highest BCUT2D eigenvalue weighted by Gasteiger charge is 2.45. The molecule has 1 aliphatic carbocycles. The van der Waals surface area contributed by atoms with Gasteiger partial charge in [0.1, 0.15) is 0 Å². The van der Waals surface area contributed by atoms with Crippen molar-refractivity contribution in [3.05, 3.63) is 34.9 Å². The molecule has 72 valence electrons. The zero-order valence-electron chi connectivity index (χ0n) is 8.50. The van der Waals surface area contributed by atoms with Gasteiger partial charge in [0, 0.05) is 0 Å². The number of benzene rings is 1. The van der Waals surface area contributed by atoms with Crippen LogP contribution in [0.5, 0.6) is 0 Å². The van der Waals surface area contributed by atoms with Crippen molar-refractivity contribution in [2.75, 3.05) is 0 Å². The topological polar surface area (TPSA) is 29.4 Å². The third-order valence-electron chi connectivity index (χ3n) is 2.87. The van der Waals surface area contributed by atoms with E-state index in [0.717, 1.165) is 12.8 Å². The average molecular weight is 187 g/mol. The highest BCUT2D eigenvalue weighted by Crippen LogP contribution is 2.50. The number of hydrogen-bond donors (Lipinski definition) is 0. The van der Waals surface area contributed by atoms with Crippen LogP contribution in [0.2, 0.25) is 0 Å². The van der Waals surface area contributed by atoms with Gasteiger partial charge >= 0.3 is 0 Å². The van der Waals surface area contributed by atoms with Crippen molar-refractivity contribution in [1.29, 1.82) is 0 Å². The second kappa shape index (κ2) is 3.07. The summed E-state index contributed by atoms with van der Waals surface area (Å²) in [5.41, 5.74) is 3.43. The lowest BCUT2D eigenvalue weighted by Gasteiger charge is -2.12. The minimum Gasteiger partial charge on any atom is -0.211 e. The number of rotatable bonds is 2. The van der Waals surface area contributed by atoms with Gasteiger partial charge in [0.15, 0.2) is 0 Å². The molecule has 2 heteroatoms. The normalized spacial score (nSPS) is 17.3. The Labute approximate surface area is 83.7 Å². The van der Waals surface area contributed by atoms with Crippen LogP contribution in [0.25, 0.3) is 0 Å². The minimum absolute atomic E-state index is 0.223. The second-order valence-corrected chi connectivity index (χ2v) is 4.05. The highest BCUT2D eigenvalue weighted by atomic mass is 16.1. The van der Waals surface area contributed by atoms with Gasteiger partial charge in [-0.25, -0.2) is 4.79 Å². The molecule has 14 heavy (non-hydrogen) atoms. The molecule has 0 unspecified atom stereocenters. The van der Waals surface area contributed by atoms with Crippen LogP contribution in [-0.4, -0.2) is 6.08 Å². The monoisotopic (exact) mass is 187 g/mol. The number of aliphatic imine (C=N–C) groups is 1. The van der Waals surface area contributed by atoms with Gasteiger partial charge in [-0.15, -0.1) is 0 Å². The Kier molecular flexibility index (Phi) is 2.01. The van der Waals surface area contributed by atoms with E-state index in [0.29, 0.717) is 0 Å². The van der Waals surface area contributed by atoms with Gasteiger partial charge in [0.25, 0.3) is 0 Å². The molecule has 1 aliphatic rings. The van der Waals surface area contributed by atoms with Gasteiger partial charge in [-0.2, -0.15) is 4.99 Å². The van der Waals surface area contributed by atoms with E-state index in [1.807, 2.05) is 0 Å². The Hall–Kier alpha value is -1.40. The van der Waals surface area contributed by atoms with E-state index in [1.165, 1.54) is 16.7 Å². The van der Waals surface area contributed by atoms with Crippen LogP contribution in [-0.2, 0) is 10.3 Å². The molecule has 2 rings (SSSR count). The van der Waals surface area contributed by atoms with Gasteiger partial charge in [-0.1, -0.05) is 23.8 Å². The Morgan fingerprint density at radius 1 is 1.36 bits per heavy atom. The zero-order valence-corrected chi connectivity index (χ0v) is 8.50. The predicted octanol–water partition coefficient (Wildman–Crippen LogP) is 2.63. The summed E-state index contributed by atoms with van der Waals surface area (Å²) in [6.07, 6.45) is 3.64. The molecule has 2 nitrogen and oxygen atoms in total. The summed E-state index contributed by atoms with van der Waals surface area (Å²) < 4.78 is 0. The SMILES string of the molecule is Cc1ccc(C2(N=C=O)CC2)c(C)c1. The Morgan fingerprint density at radius 3 is 2.57 bits per heavy atom.